The number of fused-ring (bicyclic) bond motifs is 1. The zero-order valence-corrected chi connectivity index (χ0v) is 12.5. The molecule has 116 valence electrons. The van der Waals surface area contributed by atoms with Crippen LogP contribution >= 0.6 is 0 Å². The van der Waals surface area contributed by atoms with Crippen molar-refractivity contribution in [3.05, 3.63) is 30.1 Å². The molecule has 0 aliphatic carbocycles. The van der Waals surface area contributed by atoms with Crippen molar-refractivity contribution in [1.82, 2.24) is 14.5 Å². The van der Waals surface area contributed by atoms with Crippen LogP contribution in [0.2, 0.25) is 0 Å². The molecule has 1 atom stereocenters. The van der Waals surface area contributed by atoms with E-state index in [9.17, 15) is 14.7 Å². The number of rotatable bonds is 4. The summed E-state index contributed by atoms with van der Waals surface area (Å²) in [6.45, 7) is 2.66. The Hall–Kier alpha value is -2.37. The van der Waals surface area contributed by atoms with Gasteiger partial charge in [0.2, 0.25) is 5.91 Å². The van der Waals surface area contributed by atoms with Gasteiger partial charge in [0.15, 0.2) is 0 Å². The lowest BCUT2D eigenvalue weighted by atomic mass is 10.2. The van der Waals surface area contributed by atoms with Gasteiger partial charge in [-0.05, 0) is 25.0 Å². The molecule has 1 unspecified atom stereocenters. The number of likely N-dealkylation sites (tertiary alicyclic amines) is 1. The van der Waals surface area contributed by atoms with Crippen LogP contribution < -0.4 is 0 Å². The molecule has 1 amide bonds. The Morgan fingerprint density at radius 2 is 2.14 bits per heavy atom. The van der Waals surface area contributed by atoms with Crippen LogP contribution in [-0.2, 0) is 22.6 Å². The van der Waals surface area contributed by atoms with Crippen molar-refractivity contribution >= 4 is 22.9 Å². The lowest BCUT2D eigenvalue weighted by molar-refractivity contribution is -0.148. The summed E-state index contributed by atoms with van der Waals surface area (Å²) in [7, 11) is 0. The largest absolute Gasteiger partial charge is 0.480 e. The van der Waals surface area contributed by atoms with Crippen LogP contribution in [-0.4, -0.2) is 44.0 Å². The van der Waals surface area contributed by atoms with E-state index in [1.54, 1.807) is 0 Å². The van der Waals surface area contributed by atoms with E-state index in [0.717, 1.165) is 29.7 Å². The average molecular weight is 301 g/mol. The van der Waals surface area contributed by atoms with Gasteiger partial charge in [-0.3, -0.25) is 4.79 Å². The fraction of sp³-hybridized carbons (Fsp3) is 0.438. The number of imidazole rings is 1. The highest BCUT2D eigenvalue weighted by Gasteiger charge is 2.34. The smallest absolute Gasteiger partial charge is 0.326 e. The van der Waals surface area contributed by atoms with Gasteiger partial charge in [0, 0.05) is 13.0 Å². The lowest BCUT2D eigenvalue weighted by Crippen LogP contribution is -2.42. The molecule has 0 spiro atoms. The maximum Gasteiger partial charge on any atom is 0.326 e. The molecule has 3 rings (SSSR count). The van der Waals surface area contributed by atoms with E-state index in [2.05, 4.69) is 4.98 Å². The molecule has 6 nitrogen and oxygen atoms in total. The molecule has 1 aliphatic rings. The Morgan fingerprint density at radius 1 is 1.36 bits per heavy atom. The second kappa shape index (κ2) is 5.79. The van der Waals surface area contributed by atoms with Crippen molar-refractivity contribution in [2.45, 2.75) is 38.8 Å². The van der Waals surface area contributed by atoms with Crippen LogP contribution in [0.3, 0.4) is 0 Å². The molecule has 0 radical (unpaired) electrons. The number of aliphatic carboxylic acids is 1. The quantitative estimate of drug-likeness (QED) is 0.932. The molecule has 1 aliphatic heterocycles. The average Bonchev–Trinajstić information content (AvgIpc) is 3.12. The van der Waals surface area contributed by atoms with Crippen LogP contribution in [0.15, 0.2) is 24.3 Å². The van der Waals surface area contributed by atoms with Crippen LogP contribution in [0.25, 0.3) is 11.0 Å². The first-order valence-electron chi connectivity index (χ1n) is 7.58. The number of carboxylic acid groups (broad SMARTS) is 1. The van der Waals surface area contributed by atoms with Crippen molar-refractivity contribution in [1.29, 1.82) is 0 Å². The molecule has 0 saturated carbocycles. The SMILES string of the molecule is CCc1nc2ccccc2n1CC(=O)N1CCCC1C(=O)O. The third-order valence-electron chi connectivity index (χ3n) is 4.20. The van der Waals surface area contributed by atoms with E-state index >= 15 is 0 Å². The molecule has 1 aromatic carbocycles. The van der Waals surface area contributed by atoms with E-state index in [1.807, 2.05) is 35.8 Å². The predicted molar refractivity (Wildman–Crippen MR) is 81.5 cm³/mol. The third-order valence-corrected chi connectivity index (χ3v) is 4.20. The number of benzene rings is 1. The third kappa shape index (κ3) is 2.45. The number of amides is 1. The first-order chi connectivity index (χ1) is 10.6. The van der Waals surface area contributed by atoms with Gasteiger partial charge in [-0.25, -0.2) is 9.78 Å². The number of carbonyl (C=O) groups is 2. The first-order valence-corrected chi connectivity index (χ1v) is 7.58. The minimum atomic E-state index is -0.919. The van der Waals surface area contributed by atoms with Gasteiger partial charge in [-0.1, -0.05) is 19.1 Å². The fourth-order valence-electron chi connectivity index (χ4n) is 3.12. The fourth-order valence-corrected chi connectivity index (χ4v) is 3.12. The van der Waals surface area contributed by atoms with E-state index in [-0.39, 0.29) is 12.5 Å². The summed E-state index contributed by atoms with van der Waals surface area (Å²) < 4.78 is 1.90. The van der Waals surface area contributed by atoms with Gasteiger partial charge >= 0.3 is 5.97 Å². The van der Waals surface area contributed by atoms with Crippen molar-refractivity contribution < 1.29 is 14.7 Å². The Balaban J connectivity index is 1.89. The number of nitrogens with zero attached hydrogens (tertiary/aromatic N) is 3. The minimum absolute atomic E-state index is 0.146. The van der Waals surface area contributed by atoms with Crippen LogP contribution in [0.4, 0.5) is 0 Å². The van der Waals surface area contributed by atoms with Gasteiger partial charge in [0.25, 0.3) is 0 Å². The number of hydrogen-bond acceptors (Lipinski definition) is 3. The molecule has 0 bridgehead atoms. The predicted octanol–water partition coefficient (Wildman–Crippen LogP) is 1.67. The number of para-hydroxylation sites is 2. The molecule has 1 aromatic heterocycles. The molecule has 1 N–H and O–H groups in total. The molecule has 6 heteroatoms. The first kappa shape index (κ1) is 14.6. The molecular formula is C16H19N3O3. The second-order valence-electron chi connectivity index (χ2n) is 5.54. The van der Waals surface area contributed by atoms with Gasteiger partial charge in [0.1, 0.15) is 18.4 Å². The van der Waals surface area contributed by atoms with Crippen molar-refractivity contribution in [2.75, 3.05) is 6.54 Å². The van der Waals surface area contributed by atoms with E-state index in [1.165, 1.54) is 4.90 Å². The van der Waals surface area contributed by atoms with E-state index in [4.69, 9.17) is 0 Å². The maximum atomic E-state index is 12.6. The van der Waals surface area contributed by atoms with Crippen molar-refractivity contribution in [2.24, 2.45) is 0 Å². The Bertz CT molecular complexity index is 722. The standard InChI is InChI=1S/C16H19N3O3/c1-2-14-17-11-6-3-4-7-12(11)19(14)10-15(20)18-9-5-8-13(18)16(21)22/h3-4,6-7,13H,2,5,8-10H2,1H3,(H,21,22). The van der Waals surface area contributed by atoms with Crippen LogP contribution in [0.5, 0.6) is 0 Å². The van der Waals surface area contributed by atoms with E-state index in [0.29, 0.717) is 13.0 Å². The van der Waals surface area contributed by atoms with Gasteiger partial charge in [-0.2, -0.15) is 0 Å². The normalized spacial score (nSPS) is 18.0. The van der Waals surface area contributed by atoms with Gasteiger partial charge in [0.05, 0.1) is 11.0 Å². The highest BCUT2D eigenvalue weighted by atomic mass is 16.4. The molecule has 22 heavy (non-hydrogen) atoms. The summed E-state index contributed by atoms with van der Waals surface area (Å²) in [5, 5.41) is 9.22. The molecule has 1 fully saturated rings. The summed E-state index contributed by atoms with van der Waals surface area (Å²) >= 11 is 0. The minimum Gasteiger partial charge on any atom is -0.480 e. The monoisotopic (exact) mass is 301 g/mol. The number of aromatic nitrogens is 2. The highest BCUT2D eigenvalue weighted by Crippen LogP contribution is 2.20. The Labute approximate surface area is 128 Å². The molecular weight excluding hydrogens is 282 g/mol. The summed E-state index contributed by atoms with van der Waals surface area (Å²) in [6, 6.07) is 7.01. The summed E-state index contributed by atoms with van der Waals surface area (Å²) in [4.78, 5) is 29.8. The number of carboxylic acids is 1. The number of carbonyl (C=O) groups excluding carboxylic acids is 1. The zero-order chi connectivity index (χ0) is 15.7. The second-order valence-corrected chi connectivity index (χ2v) is 5.54. The molecule has 1 saturated heterocycles. The van der Waals surface area contributed by atoms with Crippen LogP contribution in [0, 0.1) is 0 Å². The van der Waals surface area contributed by atoms with Gasteiger partial charge < -0.3 is 14.6 Å². The maximum absolute atomic E-state index is 12.6. The number of hydrogen-bond donors (Lipinski definition) is 1. The van der Waals surface area contributed by atoms with Crippen LogP contribution in [0.1, 0.15) is 25.6 Å². The zero-order valence-electron chi connectivity index (χ0n) is 12.5. The lowest BCUT2D eigenvalue weighted by Gasteiger charge is -2.22. The Kier molecular flexibility index (Phi) is 3.83. The summed E-state index contributed by atoms with van der Waals surface area (Å²) in [6.07, 6.45) is 2.00. The summed E-state index contributed by atoms with van der Waals surface area (Å²) in [5.41, 5.74) is 1.78. The summed E-state index contributed by atoms with van der Waals surface area (Å²) in [5.74, 6) is -0.222. The topological polar surface area (TPSA) is 75.4 Å². The highest BCUT2D eigenvalue weighted by molar-refractivity contribution is 5.85. The van der Waals surface area contributed by atoms with Crippen molar-refractivity contribution in [3.63, 3.8) is 0 Å². The van der Waals surface area contributed by atoms with E-state index < -0.39 is 12.0 Å². The molecule has 2 aromatic rings. The van der Waals surface area contributed by atoms with Crippen molar-refractivity contribution in [3.8, 4) is 0 Å². The Morgan fingerprint density at radius 3 is 2.86 bits per heavy atom. The number of aryl methyl sites for hydroxylation is 1. The molecule has 2 heterocycles. The van der Waals surface area contributed by atoms with Gasteiger partial charge in [-0.15, -0.1) is 0 Å².